The molecule has 1 aliphatic rings. The molecule has 1 fully saturated rings. The normalized spacial score (nSPS) is 19.1. The highest BCUT2D eigenvalue weighted by atomic mass is 79.9. The fraction of sp³-hybridized carbons (Fsp3) is 0.583. The molecule has 0 aliphatic heterocycles. The van der Waals surface area contributed by atoms with E-state index in [0.29, 0.717) is 0 Å². The van der Waals surface area contributed by atoms with E-state index in [0.717, 1.165) is 10.3 Å². The number of anilines is 1. The fourth-order valence-corrected chi connectivity index (χ4v) is 2.68. The van der Waals surface area contributed by atoms with Crippen LogP contribution in [0, 0.1) is 6.92 Å². The first kappa shape index (κ1) is 10.9. The molecule has 15 heavy (non-hydrogen) atoms. The van der Waals surface area contributed by atoms with Crippen molar-refractivity contribution in [2.75, 3.05) is 5.32 Å². The number of nitrogens with zero attached hydrogens (tertiary/aromatic N) is 1. The summed E-state index contributed by atoms with van der Waals surface area (Å²) in [7, 11) is 0. The third-order valence-electron chi connectivity index (χ3n) is 3.17. The van der Waals surface area contributed by atoms with Crippen LogP contribution in [0.1, 0.15) is 38.2 Å². The van der Waals surface area contributed by atoms with Gasteiger partial charge in [0, 0.05) is 16.2 Å². The van der Waals surface area contributed by atoms with Crippen LogP contribution >= 0.6 is 15.9 Å². The highest BCUT2D eigenvalue weighted by Crippen LogP contribution is 2.33. The van der Waals surface area contributed by atoms with Crippen LogP contribution in [-0.4, -0.2) is 10.5 Å². The molecule has 1 aromatic rings. The van der Waals surface area contributed by atoms with Crippen LogP contribution in [-0.2, 0) is 0 Å². The maximum atomic E-state index is 4.43. The standard InChI is InChI=1S/C12H17BrN2/c1-9-7-10(13)8-14-11(9)15-12(2)5-3-4-6-12/h7-8H,3-6H2,1-2H3,(H,14,15). The van der Waals surface area contributed by atoms with Crippen molar-refractivity contribution >= 4 is 21.7 Å². The SMILES string of the molecule is Cc1cc(Br)cnc1NC1(C)CCCC1. The second-order valence-electron chi connectivity index (χ2n) is 4.71. The van der Waals surface area contributed by atoms with Gasteiger partial charge in [0.15, 0.2) is 0 Å². The smallest absolute Gasteiger partial charge is 0.129 e. The van der Waals surface area contributed by atoms with Crippen molar-refractivity contribution in [3.8, 4) is 0 Å². The molecule has 0 amide bonds. The van der Waals surface area contributed by atoms with Gasteiger partial charge in [-0.2, -0.15) is 0 Å². The Balaban J connectivity index is 2.16. The average molecular weight is 269 g/mol. The number of aryl methyl sites for hydroxylation is 1. The molecule has 0 atom stereocenters. The van der Waals surface area contributed by atoms with Crippen molar-refractivity contribution in [1.29, 1.82) is 0 Å². The molecule has 2 nitrogen and oxygen atoms in total. The van der Waals surface area contributed by atoms with Crippen LogP contribution in [0.15, 0.2) is 16.7 Å². The number of pyridine rings is 1. The van der Waals surface area contributed by atoms with Crippen LogP contribution in [0.4, 0.5) is 5.82 Å². The first-order chi connectivity index (χ1) is 7.09. The fourth-order valence-electron chi connectivity index (χ4n) is 2.24. The van der Waals surface area contributed by atoms with E-state index in [1.165, 1.54) is 31.2 Å². The number of hydrogen-bond acceptors (Lipinski definition) is 2. The molecule has 1 aromatic heterocycles. The van der Waals surface area contributed by atoms with E-state index in [4.69, 9.17) is 0 Å². The van der Waals surface area contributed by atoms with Crippen LogP contribution in [0.5, 0.6) is 0 Å². The van der Waals surface area contributed by atoms with Crippen molar-refractivity contribution in [1.82, 2.24) is 4.98 Å². The maximum absolute atomic E-state index is 4.43. The van der Waals surface area contributed by atoms with Crippen LogP contribution in [0.2, 0.25) is 0 Å². The molecule has 1 heterocycles. The molecule has 0 aromatic carbocycles. The lowest BCUT2D eigenvalue weighted by molar-refractivity contribution is 0.530. The third kappa shape index (κ3) is 2.51. The number of halogens is 1. The highest BCUT2D eigenvalue weighted by Gasteiger charge is 2.28. The van der Waals surface area contributed by atoms with Crippen molar-refractivity contribution < 1.29 is 0 Å². The second kappa shape index (κ2) is 4.12. The molecule has 0 spiro atoms. The number of hydrogen-bond donors (Lipinski definition) is 1. The van der Waals surface area contributed by atoms with Gasteiger partial charge >= 0.3 is 0 Å². The Kier molecular flexibility index (Phi) is 3.01. The minimum absolute atomic E-state index is 0.256. The van der Waals surface area contributed by atoms with Gasteiger partial charge in [-0.05, 0) is 54.2 Å². The van der Waals surface area contributed by atoms with E-state index < -0.39 is 0 Å². The van der Waals surface area contributed by atoms with Gasteiger partial charge in [0.05, 0.1) is 0 Å². The van der Waals surface area contributed by atoms with E-state index in [9.17, 15) is 0 Å². The van der Waals surface area contributed by atoms with Crippen molar-refractivity contribution in [3.63, 3.8) is 0 Å². The Labute approximate surface area is 99.6 Å². The van der Waals surface area contributed by atoms with Gasteiger partial charge in [0.1, 0.15) is 5.82 Å². The molecule has 2 rings (SSSR count). The zero-order valence-corrected chi connectivity index (χ0v) is 10.9. The van der Waals surface area contributed by atoms with E-state index in [1.54, 1.807) is 0 Å². The molecular formula is C12H17BrN2. The van der Waals surface area contributed by atoms with Gasteiger partial charge in [-0.15, -0.1) is 0 Å². The number of rotatable bonds is 2. The molecule has 0 bridgehead atoms. The molecular weight excluding hydrogens is 252 g/mol. The minimum atomic E-state index is 0.256. The first-order valence-electron chi connectivity index (χ1n) is 5.49. The molecule has 82 valence electrons. The topological polar surface area (TPSA) is 24.9 Å². The monoisotopic (exact) mass is 268 g/mol. The average Bonchev–Trinajstić information content (AvgIpc) is 2.58. The van der Waals surface area contributed by atoms with Gasteiger partial charge in [0.2, 0.25) is 0 Å². The Morgan fingerprint density at radius 3 is 2.67 bits per heavy atom. The summed E-state index contributed by atoms with van der Waals surface area (Å²) >= 11 is 3.43. The summed E-state index contributed by atoms with van der Waals surface area (Å²) in [6, 6.07) is 2.10. The zero-order chi connectivity index (χ0) is 10.9. The Morgan fingerprint density at radius 2 is 2.07 bits per heavy atom. The Morgan fingerprint density at radius 1 is 1.40 bits per heavy atom. The van der Waals surface area contributed by atoms with E-state index in [2.05, 4.69) is 46.1 Å². The molecule has 0 saturated heterocycles. The number of aromatic nitrogens is 1. The lowest BCUT2D eigenvalue weighted by atomic mass is 10.0. The van der Waals surface area contributed by atoms with Gasteiger partial charge in [-0.25, -0.2) is 4.98 Å². The lowest BCUT2D eigenvalue weighted by Crippen LogP contribution is -2.31. The summed E-state index contributed by atoms with van der Waals surface area (Å²) in [6.07, 6.45) is 7.03. The third-order valence-corrected chi connectivity index (χ3v) is 3.61. The van der Waals surface area contributed by atoms with E-state index >= 15 is 0 Å². The van der Waals surface area contributed by atoms with Gasteiger partial charge in [-0.1, -0.05) is 12.8 Å². The molecule has 1 aliphatic carbocycles. The summed E-state index contributed by atoms with van der Waals surface area (Å²) in [5.41, 5.74) is 1.46. The quantitative estimate of drug-likeness (QED) is 0.880. The van der Waals surface area contributed by atoms with Crippen LogP contribution in [0.25, 0.3) is 0 Å². The second-order valence-corrected chi connectivity index (χ2v) is 5.63. The van der Waals surface area contributed by atoms with E-state index in [1.807, 2.05) is 6.20 Å². The van der Waals surface area contributed by atoms with Gasteiger partial charge < -0.3 is 5.32 Å². The maximum Gasteiger partial charge on any atom is 0.129 e. The zero-order valence-electron chi connectivity index (χ0n) is 9.31. The summed E-state index contributed by atoms with van der Waals surface area (Å²) in [4.78, 5) is 4.43. The van der Waals surface area contributed by atoms with Crippen LogP contribution < -0.4 is 5.32 Å². The van der Waals surface area contributed by atoms with Crippen molar-refractivity contribution in [2.45, 2.75) is 45.1 Å². The Hall–Kier alpha value is -0.570. The summed E-state index contributed by atoms with van der Waals surface area (Å²) in [5, 5.41) is 3.58. The predicted octanol–water partition coefficient (Wildman–Crippen LogP) is 3.90. The van der Waals surface area contributed by atoms with Gasteiger partial charge in [0.25, 0.3) is 0 Å². The van der Waals surface area contributed by atoms with Crippen molar-refractivity contribution in [2.24, 2.45) is 0 Å². The summed E-state index contributed by atoms with van der Waals surface area (Å²) in [5.74, 6) is 1.03. The summed E-state index contributed by atoms with van der Waals surface area (Å²) < 4.78 is 1.04. The van der Waals surface area contributed by atoms with E-state index in [-0.39, 0.29) is 5.54 Å². The molecule has 1 N–H and O–H groups in total. The number of nitrogens with one attached hydrogen (secondary N) is 1. The van der Waals surface area contributed by atoms with Crippen molar-refractivity contribution in [3.05, 3.63) is 22.3 Å². The molecule has 0 unspecified atom stereocenters. The lowest BCUT2D eigenvalue weighted by Gasteiger charge is -2.26. The highest BCUT2D eigenvalue weighted by molar-refractivity contribution is 9.10. The summed E-state index contributed by atoms with van der Waals surface area (Å²) in [6.45, 7) is 4.39. The first-order valence-corrected chi connectivity index (χ1v) is 6.29. The molecule has 3 heteroatoms. The molecule has 1 saturated carbocycles. The van der Waals surface area contributed by atoms with Crippen LogP contribution in [0.3, 0.4) is 0 Å². The Bertz CT molecular complexity index is 357. The van der Waals surface area contributed by atoms with Gasteiger partial charge in [-0.3, -0.25) is 0 Å². The predicted molar refractivity (Wildman–Crippen MR) is 67.2 cm³/mol. The molecule has 0 radical (unpaired) electrons. The largest absolute Gasteiger partial charge is 0.365 e. The minimum Gasteiger partial charge on any atom is -0.365 e.